The number of hydrogen-bond donors (Lipinski definition) is 1. The van der Waals surface area contributed by atoms with Gasteiger partial charge < -0.3 is 10.5 Å². The minimum atomic E-state index is 0.619. The van der Waals surface area contributed by atoms with E-state index in [1.165, 1.54) is 18.4 Å². The first-order chi connectivity index (χ1) is 9.12. The highest BCUT2D eigenvalue weighted by Gasteiger charge is 2.15. The molecular weight excluding hydrogens is 236 g/mol. The van der Waals surface area contributed by atoms with Gasteiger partial charge in [-0.15, -0.1) is 0 Å². The summed E-state index contributed by atoms with van der Waals surface area (Å²) < 4.78 is 5.23. The molecule has 3 nitrogen and oxygen atoms in total. The molecule has 0 saturated heterocycles. The van der Waals surface area contributed by atoms with E-state index in [2.05, 4.69) is 37.8 Å². The minimum absolute atomic E-state index is 0.619. The van der Waals surface area contributed by atoms with Gasteiger partial charge in [0.15, 0.2) is 0 Å². The van der Waals surface area contributed by atoms with E-state index in [1.807, 2.05) is 6.07 Å². The molecule has 108 valence electrons. The van der Waals surface area contributed by atoms with Crippen LogP contribution in [0.4, 0.5) is 5.69 Å². The molecule has 0 heterocycles. The third-order valence-electron chi connectivity index (χ3n) is 3.76. The van der Waals surface area contributed by atoms with Gasteiger partial charge in [-0.3, -0.25) is 4.90 Å². The maximum absolute atomic E-state index is 5.88. The van der Waals surface area contributed by atoms with E-state index < -0.39 is 0 Å². The number of nitrogens with zero attached hydrogens (tertiary/aromatic N) is 1. The van der Waals surface area contributed by atoms with Gasteiger partial charge >= 0.3 is 0 Å². The average molecular weight is 264 g/mol. The Kier molecular flexibility index (Phi) is 6.89. The van der Waals surface area contributed by atoms with Crippen LogP contribution in [-0.2, 0) is 11.3 Å². The zero-order valence-electron chi connectivity index (χ0n) is 12.8. The third-order valence-corrected chi connectivity index (χ3v) is 3.76. The number of benzene rings is 1. The Morgan fingerprint density at radius 2 is 1.95 bits per heavy atom. The van der Waals surface area contributed by atoms with Crippen molar-refractivity contribution in [1.29, 1.82) is 0 Å². The molecule has 1 aromatic rings. The number of ether oxygens (including phenoxy) is 1. The predicted molar refractivity (Wildman–Crippen MR) is 82.2 cm³/mol. The molecule has 2 N–H and O–H groups in total. The maximum atomic E-state index is 5.88. The van der Waals surface area contributed by atoms with Crippen LogP contribution in [0.5, 0.6) is 0 Å². The van der Waals surface area contributed by atoms with Gasteiger partial charge in [-0.2, -0.15) is 0 Å². The Balaban J connectivity index is 2.77. The Labute approximate surface area is 117 Å². The summed E-state index contributed by atoms with van der Waals surface area (Å²) in [6.45, 7) is 9.30. The Hall–Kier alpha value is -1.06. The molecule has 0 saturated carbocycles. The van der Waals surface area contributed by atoms with Gasteiger partial charge in [-0.25, -0.2) is 0 Å². The maximum Gasteiger partial charge on any atom is 0.0589 e. The van der Waals surface area contributed by atoms with Crippen LogP contribution >= 0.6 is 0 Å². The van der Waals surface area contributed by atoms with Gasteiger partial charge in [0.1, 0.15) is 0 Å². The minimum Gasteiger partial charge on any atom is -0.399 e. The lowest BCUT2D eigenvalue weighted by molar-refractivity contribution is 0.110. The summed E-state index contributed by atoms with van der Waals surface area (Å²) in [5.74, 6) is 0. The number of nitrogens with two attached hydrogens (primary N) is 1. The molecule has 1 rings (SSSR count). The fraction of sp³-hybridized carbons (Fsp3) is 0.625. The average Bonchev–Trinajstić information content (AvgIpc) is 2.41. The van der Waals surface area contributed by atoms with E-state index in [9.17, 15) is 0 Å². The molecule has 0 amide bonds. The van der Waals surface area contributed by atoms with Crippen molar-refractivity contribution < 1.29 is 4.74 Å². The Bertz CT molecular complexity index is 375. The summed E-state index contributed by atoms with van der Waals surface area (Å²) in [6.07, 6.45) is 2.35. The molecule has 1 aromatic carbocycles. The van der Waals surface area contributed by atoms with Crippen LogP contribution in [0.25, 0.3) is 0 Å². The van der Waals surface area contributed by atoms with Crippen molar-refractivity contribution in [3.8, 4) is 0 Å². The summed E-state index contributed by atoms with van der Waals surface area (Å²) >= 11 is 0. The first-order valence-electron chi connectivity index (χ1n) is 7.20. The Morgan fingerprint density at radius 3 is 2.47 bits per heavy atom. The van der Waals surface area contributed by atoms with Crippen molar-refractivity contribution >= 4 is 5.69 Å². The highest BCUT2D eigenvalue weighted by atomic mass is 16.5. The van der Waals surface area contributed by atoms with E-state index in [0.717, 1.165) is 30.9 Å². The van der Waals surface area contributed by atoms with Gasteiger partial charge in [0, 0.05) is 31.9 Å². The van der Waals surface area contributed by atoms with Gasteiger partial charge in [0.05, 0.1) is 6.61 Å². The van der Waals surface area contributed by atoms with Crippen LogP contribution in [-0.4, -0.2) is 31.2 Å². The lowest BCUT2D eigenvalue weighted by Gasteiger charge is -2.30. The van der Waals surface area contributed by atoms with Crippen LogP contribution in [0.15, 0.2) is 18.2 Å². The lowest BCUT2D eigenvalue weighted by Crippen LogP contribution is -2.36. The molecule has 0 aliphatic heterocycles. The first kappa shape index (κ1) is 16.0. The van der Waals surface area contributed by atoms with Gasteiger partial charge in [0.2, 0.25) is 0 Å². The molecule has 0 fully saturated rings. The van der Waals surface area contributed by atoms with E-state index in [-0.39, 0.29) is 0 Å². The van der Waals surface area contributed by atoms with Crippen molar-refractivity contribution in [1.82, 2.24) is 4.90 Å². The van der Waals surface area contributed by atoms with Crippen molar-refractivity contribution in [2.45, 2.75) is 46.2 Å². The summed E-state index contributed by atoms with van der Waals surface area (Å²) in [5, 5.41) is 0. The third kappa shape index (κ3) is 4.84. The fourth-order valence-corrected chi connectivity index (χ4v) is 2.48. The van der Waals surface area contributed by atoms with Gasteiger partial charge in [-0.1, -0.05) is 26.0 Å². The van der Waals surface area contributed by atoms with Crippen LogP contribution in [0, 0.1) is 6.92 Å². The Morgan fingerprint density at radius 1 is 1.26 bits per heavy atom. The number of anilines is 1. The van der Waals surface area contributed by atoms with Crippen molar-refractivity contribution in [2.75, 3.05) is 26.0 Å². The molecule has 0 radical (unpaired) electrons. The topological polar surface area (TPSA) is 38.5 Å². The molecule has 0 spiro atoms. The molecule has 19 heavy (non-hydrogen) atoms. The number of nitrogen functional groups attached to an aromatic ring is 1. The molecule has 3 heteroatoms. The zero-order chi connectivity index (χ0) is 14.3. The number of methoxy groups -OCH3 is 1. The molecule has 0 aromatic heterocycles. The summed E-state index contributed by atoms with van der Waals surface area (Å²) in [4.78, 5) is 2.51. The first-order valence-corrected chi connectivity index (χ1v) is 7.20. The van der Waals surface area contributed by atoms with Crippen LogP contribution in [0.1, 0.15) is 37.8 Å². The van der Waals surface area contributed by atoms with Crippen LogP contribution in [0.3, 0.4) is 0 Å². The predicted octanol–water partition coefficient (Wildman–Crippen LogP) is 3.21. The monoisotopic (exact) mass is 264 g/mol. The largest absolute Gasteiger partial charge is 0.399 e. The fourth-order valence-electron chi connectivity index (χ4n) is 2.48. The van der Waals surface area contributed by atoms with Gasteiger partial charge in [0.25, 0.3) is 0 Å². The van der Waals surface area contributed by atoms with E-state index in [0.29, 0.717) is 6.04 Å². The molecule has 0 bridgehead atoms. The number of aryl methyl sites for hydroxylation is 1. The van der Waals surface area contributed by atoms with Crippen molar-refractivity contribution in [2.24, 2.45) is 0 Å². The van der Waals surface area contributed by atoms with E-state index in [1.54, 1.807) is 7.11 Å². The highest BCUT2D eigenvalue weighted by molar-refractivity contribution is 5.47. The van der Waals surface area contributed by atoms with Gasteiger partial charge in [-0.05, 0) is 37.0 Å². The zero-order valence-corrected chi connectivity index (χ0v) is 12.8. The standard InChI is InChI=1S/C16H28N2O/c1-5-15(6-2)18(9-10-19-4)12-14-7-8-16(17)13(3)11-14/h7-8,11,15H,5-6,9-10,12,17H2,1-4H3. The SMILES string of the molecule is CCC(CC)N(CCOC)Cc1ccc(N)c(C)c1. The summed E-state index contributed by atoms with van der Waals surface area (Å²) in [5.41, 5.74) is 9.24. The molecule has 0 unspecified atom stereocenters. The summed E-state index contributed by atoms with van der Waals surface area (Å²) in [6, 6.07) is 6.95. The molecule has 0 aliphatic rings. The lowest BCUT2D eigenvalue weighted by atomic mass is 10.1. The highest BCUT2D eigenvalue weighted by Crippen LogP contribution is 2.17. The number of hydrogen-bond acceptors (Lipinski definition) is 3. The smallest absolute Gasteiger partial charge is 0.0589 e. The van der Waals surface area contributed by atoms with E-state index in [4.69, 9.17) is 10.5 Å². The van der Waals surface area contributed by atoms with Crippen molar-refractivity contribution in [3.05, 3.63) is 29.3 Å². The van der Waals surface area contributed by atoms with E-state index >= 15 is 0 Å². The summed E-state index contributed by atoms with van der Waals surface area (Å²) in [7, 11) is 1.76. The molecular formula is C16H28N2O. The second kappa shape index (κ2) is 8.18. The molecule has 0 aliphatic carbocycles. The normalized spacial score (nSPS) is 11.5. The van der Waals surface area contributed by atoms with Crippen LogP contribution in [0.2, 0.25) is 0 Å². The second-order valence-electron chi connectivity index (χ2n) is 5.12. The van der Waals surface area contributed by atoms with Crippen molar-refractivity contribution in [3.63, 3.8) is 0 Å². The number of rotatable bonds is 8. The second-order valence-corrected chi connectivity index (χ2v) is 5.12. The quantitative estimate of drug-likeness (QED) is 0.733. The molecule has 0 atom stereocenters. The van der Waals surface area contributed by atoms with Crippen LogP contribution < -0.4 is 5.73 Å².